The van der Waals surface area contributed by atoms with Crippen molar-refractivity contribution in [1.29, 1.82) is 0 Å². The number of aryl methyl sites for hydroxylation is 1. The molecule has 152 valence electrons. The van der Waals surface area contributed by atoms with Gasteiger partial charge in [-0.2, -0.15) is 0 Å². The summed E-state index contributed by atoms with van der Waals surface area (Å²) >= 11 is 0. The second-order valence-corrected chi connectivity index (χ2v) is 6.54. The van der Waals surface area contributed by atoms with Gasteiger partial charge in [-0.1, -0.05) is 24.3 Å². The van der Waals surface area contributed by atoms with E-state index >= 15 is 0 Å². The van der Waals surface area contributed by atoms with E-state index in [0.29, 0.717) is 26.3 Å². The number of nitrogens with zero attached hydrogens (tertiary/aromatic N) is 1. The lowest BCUT2D eigenvalue weighted by Gasteiger charge is -2.18. The lowest BCUT2D eigenvalue weighted by Crippen LogP contribution is -2.41. The first-order chi connectivity index (χ1) is 13.6. The third-order valence-corrected chi connectivity index (χ3v) is 4.05. The molecule has 1 atom stereocenters. The molecule has 0 amide bonds. The summed E-state index contributed by atoms with van der Waals surface area (Å²) in [5.74, 6) is 2.45. The highest BCUT2D eigenvalue weighted by Crippen LogP contribution is 2.14. The van der Waals surface area contributed by atoms with Gasteiger partial charge in [0.2, 0.25) is 0 Å². The van der Waals surface area contributed by atoms with Crippen LogP contribution in [0.25, 0.3) is 0 Å². The van der Waals surface area contributed by atoms with E-state index in [4.69, 9.17) is 14.2 Å². The van der Waals surface area contributed by atoms with Gasteiger partial charge in [0.1, 0.15) is 24.2 Å². The largest absolute Gasteiger partial charge is 0.491 e. The van der Waals surface area contributed by atoms with Gasteiger partial charge in [0.05, 0.1) is 13.2 Å². The first-order valence-corrected chi connectivity index (χ1v) is 9.49. The molecular weight excluding hydrogens is 354 g/mol. The van der Waals surface area contributed by atoms with Crippen molar-refractivity contribution in [3.8, 4) is 11.5 Å². The molecule has 2 N–H and O–H groups in total. The second-order valence-electron chi connectivity index (χ2n) is 6.54. The Balaban J connectivity index is 1.73. The van der Waals surface area contributed by atoms with Gasteiger partial charge in [0, 0.05) is 20.7 Å². The molecule has 0 aromatic heterocycles. The molecule has 0 aliphatic heterocycles. The van der Waals surface area contributed by atoms with Crippen molar-refractivity contribution in [2.24, 2.45) is 4.99 Å². The zero-order valence-electron chi connectivity index (χ0n) is 17.2. The summed E-state index contributed by atoms with van der Waals surface area (Å²) in [5.41, 5.74) is 2.33. The summed E-state index contributed by atoms with van der Waals surface area (Å²) in [5, 5.41) is 6.60. The van der Waals surface area contributed by atoms with Crippen molar-refractivity contribution in [3.63, 3.8) is 0 Å². The number of hydrogen-bond donors (Lipinski definition) is 2. The molecule has 2 aromatic carbocycles. The van der Waals surface area contributed by atoms with Gasteiger partial charge in [-0.15, -0.1) is 0 Å². The van der Waals surface area contributed by atoms with Gasteiger partial charge >= 0.3 is 0 Å². The Kier molecular flexibility index (Phi) is 9.15. The molecule has 6 nitrogen and oxygen atoms in total. The number of hydrogen-bond acceptors (Lipinski definition) is 4. The molecule has 0 saturated carbocycles. The van der Waals surface area contributed by atoms with E-state index in [9.17, 15) is 0 Å². The van der Waals surface area contributed by atoms with E-state index in [0.717, 1.165) is 23.0 Å². The Morgan fingerprint density at radius 3 is 2.50 bits per heavy atom. The first kappa shape index (κ1) is 21.6. The third-order valence-electron chi connectivity index (χ3n) is 4.05. The minimum absolute atomic E-state index is 0.0175. The maximum atomic E-state index is 5.94. The Labute approximate surface area is 167 Å². The molecule has 0 fully saturated rings. The molecule has 0 aliphatic rings. The number of aliphatic imine (C=N–C) groups is 1. The predicted octanol–water partition coefficient (Wildman–Crippen LogP) is 3.15. The van der Waals surface area contributed by atoms with Crippen molar-refractivity contribution in [2.45, 2.75) is 26.5 Å². The maximum absolute atomic E-state index is 5.94. The van der Waals surface area contributed by atoms with Crippen LogP contribution in [0.15, 0.2) is 53.5 Å². The van der Waals surface area contributed by atoms with Crippen molar-refractivity contribution >= 4 is 5.96 Å². The number of guanidine groups is 1. The SMILES string of the molecule is CN=C(NCc1ccc(OCCOC)cc1)NCC(C)Oc1cccc(C)c1. The van der Waals surface area contributed by atoms with Crippen LogP contribution in [0, 0.1) is 6.92 Å². The van der Waals surface area contributed by atoms with Gasteiger partial charge in [0.25, 0.3) is 0 Å². The highest BCUT2D eigenvalue weighted by molar-refractivity contribution is 5.79. The van der Waals surface area contributed by atoms with Gasteiger partial charge < -0.3 is 24.8 Å². The van der Waals surface area contributed by atoms with Crippen LogP contribution in [-0.4, -0.2) is 46.0 Å². The monoisotopic (exact) mass is 385 g/mol. The van der Waals surface area contributed by atoms with Crippen LogP contribution in [0.1, 0.15) is 18.1 Å². The summed E-state index contributed by atoms with van der Waals surface area (Å²) in [4.78, 5) is 4.26. The van der Waals surface area contributed by atoms with Gasteiger partial charge in [-0.3, -0.25) is 4.99 Å². The molecular formula is C22H31N3O3. The molecule has 2 aromatic rings. The average Bonchev–Trinajstić information content (AvgIpc) is 2.69. The van der Waals surface area contributed by atoms with Gasteiger partial charge in [-0.25, -0.2) is 0 Å². The summed E-state index contributed by atoms with van der Waals surface area (Å²) in [6, 6.07) is 16.0. The van der Waals surface area contributed by atoms with Crippen molar-refractivity contribution in [1.82, 2.24) is 10.6 Å². The summed E-state index contributed by atoms with van der Waals surface area (Å²) in [6.07, 6.45) is 0.0175. The minimum atomic E-state index is 0.0175. The number of methoxy groups -OCH3 is 1. The smallest absolute Gasteiger partial charge is 0.191 e. The summed E-state index contributed by atoms with van der Waals surface area (Å²) in [7, 11) is 3.42. The van der Waals surface area contributed by atoms with Crippen molar-refractivity contribution in [3.05, 3.63) is 59.7 Å². The number of rotatable bonds is 10. The molecule has 6 heteroatoms. The minimum Gasteiger partial charge on any atom is -0.491 e. The van der Waals surface area contributed by atoms with Crippen LogP contribution in [0.5, 0.6) is 11.5 Å². The lowest BCUT2D eigenvalue weighted by atomic mass is 10.2. The highest BCUT2D eigenvalue weighted by Gasteiger charge is 2.06. The molecule has 0 spiro atoms. The van der Waals surface area contributed by atoms with Crippen molar-refractivity contribution < 1.29 is 14.2 Å². The standard InChI is InChI=1S/C22H31N3O3/c1-17-6-5-7-21(14-17)28-18(2)15-24-22(23-3)25-16-19-8-10-20(11-9-19)27-13-12-26-4/h5-11,14,18H,12-13,15-16H2,1-4H3,(H2,23,24,25). The Hall–Kier alpha value is -2.73. The fourth-order valence-electron chi connectivity index (χ4n) is 2.56. The lowest BCUT2D eigenvalue weighted by molar-refractivity contribution is 0.146. The van der Waals surface area contributed by atoms with Gasteiger partial charge in [-0.05, 0) is 49.2 Å². The molecule has 0 heterocycles. The van der Waals surface area contributed by atoms with Crippen molar-refractivity contribution in [2.75, 3.05) is 33.9 Å². The van der Waals surface area contributed by atoms with E-state index in [1.54, 1.807) is 14.2 Å². The molecule has 0 saturated heterocycles. The molecule has 0 radical (unpaired) electrons. The normalized spacial score (nSPS) is 12.4. The topological polar surface area (TPSA) is 64.1 Å². The quantitative estimate of drug-likeness (QED) is 0.374. The number of benzene rings is 2. The van der Waals surface area contributed by atoms with Crippen LogP contribution in [0.2, 0.25) is 0 Å². The van der Waals surface area contributed by atoms with E-state index < -0.39 is 0 Å². The van der Waals surface area contributed by atoms with E-state index in [2.05, 4.69) is 28.6 Å². The van der Waals surface area contributed by atoms with Crippen LogP contribution >= 0.6 is 0 Å². The van der Waals surface area contributed by atoms with Crippen LogP contribution in [0.4, 0.5) is 0 Å². The zero-order valence-corrected chi connectivity index (χ0v) is 17.2. The predicted molar refractivity (Wildman–Crippen MR) is 113 cm³/mol. The molecule has 28 heavy (non-hydrogen) atoms. The number of nitrogens with one attached hydrogen (secondary N) is 2. The van der Waals surface area contributed by atoms with Crippen LogP contribution in [-0.2, 0) is 11.3 Å². The fraction of sp³-hybridized carbons (Fsp3) is 0.409. The van der Waals surface area contributed by atoms with Crippen LogP contribution in [0.3, 0.4) is 0 Å². The summed E-state index contributed by atoms with van der Waals surface area (Å²) in [6.45, 7) is 6.54. The van der Waals surface area contributed by atoms with E-state index in [1.807, 2.05) is 49.4 Å². The average molecular weight is 386 g/mol. The molecule has 1 unspecified atom stereocenters. The maximum Gasteiger partial charge on any atom is 0.191 e. The van der Waals surface area contributed by atoms with Crippen LogP contribution < -0.4 is 20.1 Å². The van der Waals surface area contributed by atoms with E-state index in [-0.39, 0.29) is 6.10 Å². The van der Waals surface area contributed by atoms with Gasteiger partial charge in [0.15, 0.2) is 5.96 Å². The molecule has 0 bridgehead atoms. The Morgan fingerprint density at radius 1 is 1.04 bits per heavy atom. The molecule has 0 aliphatic carbocycles. The Morgan fingerprint density at radius 2 is 1.82 bits per heavy atom. The molecule has 2 rings (SSSR count). The third kappa shape index (κ3) is 7.88. The Bertz CT molecular complexity index is 732. The summed E-state index contributed by atoms with van der Waals surface area (Å²) < 4.78 is 16.5. The highest BCUT2D eigenvalue weighted by atomic mass is 16.5. The number of ether oxygens (including phenoxy) is 3. The fourth-order valence-corrected chi connectivity index (χ4v) is 2.56. The second kappa shape index (κ2) is 11.9. The first-order valence-electron chi connectivity index (χ1n) is 9.49. The van der Waals surface area contributed by atoms with E-state index in [1.165, 1.54) is 5.56 Å². The zero-order chi connectivity index (χ0) is 20.2.